The number of hydrogen-bond acceptors (Lipinski definition) is 3. The highest BCUT2D eigenvalue weighted by Gasteiger charge is 2.12. The molecular weight excluding hydrogens is 214 g/mol. The number of carbonyl (C=O) groups is 1. The Morgan fingerprint density at radius 3 is 2.88 bits per heavy atom. The van der Waals surface area contributed by atoms with E-state index in [1.807, 2.05) is 12.1 Å². The monoisotopic (exact) mass is 233 g/mol. The van der Waals surface area contributed by atoms with E-state index in [2.05, 4.69) is 28.5 Å². The molecule has 0 unspecified atom stereocenters. The number of nitrogens with one attached hydrogen (secondary N) is 2. The van der Waals surface area contributed by atoms with E-state index in [1.54, 1.807) is 0 Å². The quantitative estimate of drug-likeness (QED) is 0.762. The average molecular weight is 233 g/mol. The van der Waals surface area contributed by atoms with Gasteiger partial charge in [-0.05, 0) is 24.1 Å². The van der Waals surface area contributed by atoms with Crippen molar-refractivity contribution >= 4 is 12.1 Å². The van der Waals surface area contributed by atoms with Crippen molar-refractivity contribution in [3.8, 4) is 0 Å². The van der Waals surface area contributed by atoms with E-state index in [1.165, 1.54) is 5.56 Å². The van der Waals surface area contributed by atoms with E-state index in [0.29, 0.717) is 0 Å². The lowest BCUT2D eigenvalue weighted by Gasteiger charge is -2.28. The molecule has 1 aromatic carbocycles. The lowest BCUT2D eigenvalue weighted by Crippen LogP contribution is -2.43. The van der Waals surface area contributed by atoms with Gasteiger partial charge in [-0.25, -0.2) is 0 Å². The van der Waals surface area contributed by atoms with Crippen LogP contribution >= 0.6 is 0 Å². The summed E-state index contributed by atoms with van der Waals surface area (Å²) >= 11 is 0. The second kappa shape index (κ2) is 5.80. The molecule has 1 saturated heterocycles. The molecule has 4 nitrogen and oxygen atoms in total. The van der Waals surface area contributed by atoms with Crippen LogP contribution in [0.2, 0.25) is 0 Å². The highest BCUT2D eigenvalue weighted by Crippen LogP contribution is 2.19. The molecule has 0 spiro atoms. The fourth-order valence-corrected chi connectivity index (χ4v) is 2.18. The van der Waals surface area contributed by atoms with Crippen molar-refractivity contribution < 1.29 is 4.79 Å². The molecule has 0 aromatic heterocycles. The molecule has 1 fully saturated rings. The summed E-state index contributed by atoms with van der Waals surface area (Å²) in [4.78, 5) is 12.9. The van der Waals surface area contributed by atoms with Gasteiger partial charge in [0.2, 0.25) is 6.41 Å². The molecule has 1 heterocycles. The van der Waals surface area contributed by atoms with Gasteiger partial charge in [-0.1, -0.05) is 12.1 Å². The Morgan fingerprint density at radius 2 is 2.18 bits per heavy atom. The van der Waals surface area contributed by atoms with Crippen LogP contribution in [0.3, 0.4) is 0 Å². The Hall–Kier alpha value is -1.39. The zero-order valence-corrected chi connectivity index (χ0v) is 10.2. The Bertz CT molecular complexity index is 386. The molecule has 1 aliphatic rings. The van der Waals surface area contributed by atoms with Crippen molar-refractivity contribution in [3.63, 3.8) is 0 Å². The highest BCUT2D eigenvalue weighted by molar-refractivity contribution is 5.73. The van der Waals surface area contributed by atoms with Gasteiger partial charge in [0, 0.05) is 38.4 Å². The molecule has 1 amide bonds. The Balaban J connectivity index is 2.09. The molecule has 0 atom stereocenters. The summed E-state index contributed by atoms with van der Waals surface area (Å²) in [5.74, 6) is 0. The van der Waals surface area contributed by atoms with Gasteiger partial charge >= 0.3 is 0 Å². The second-order valence-corrected chi connectivity index (χ2v) is 4.38. The third kappa shape index (κ3) is 3.05. The van der Waals surface area contributed by atoms with Crippen LogP contribution in [0.4, 0.5) is 5.69 Å². The topological polar surface area (TPSA) is 44.4 Å². The summed E-state index contributed by atoms with van der Waals surface area (Å²) in [7, 11) is 0. The smallest absolute Gasteiger partial charge is 0.211 e. The summed E-state index contributed by atoms with van der Waals surface area (Å²) in [6, 6.07) is 6.06. The number of carbonyl (C=O) groups excluding carboxylic acids is 1. The Labute approximate surface area is 102 Å². The number of benzene rings is 1. The van der Waals surface area contributed by atoms with E-state index in [-0.39, 0.29) is 0 Å². The highest BCUT2D eigenvalue weighted by atomic mass is 16.1. The zero-order chi connectivity index (χ0) is 12.1. The lowest BCUT2D eigenvalue weighted by atomic mass is 10.1. The van der Waals surface area contributed by atoms with Gasteiger partial charge in [-0.3, -0.25) is 9.69 Å². The molecule has 0 radical (unpaired) electrons. The van der Waals surface area contributed by atoms with Crippen LogP contribution < -0.4 is 10.6 Å². The maximum Gasteiger partial charge on any atom is 0.211 e. The molecular formula is C13H19N3O. The first-order valence-corrected chi connectivity index (χ1v) is 6.03. The normalized spacial score (nSPS) is 16.8. The van der Waals surface area contributed by atoms with Crippen molar-refractivity contribution in [1.82, 2.24) is 10.2 Å². The van der Waals surface area contributed by atoms with Gasteiger partial charge < -0.3 is 10.6 Å². The summed E-state index contributed by atoms with van der Waals surface area (Å²) in [6.07, 6.45) is 0.733. The Kier molecular flexibility index (Phi) is 4.12. The van der Waals surface area contributed by atoms with Crippen molar-refractivity contribution in [2.24, 2.45) is 0 Å². The fourth-order valence-electron chi connectivity index (χ4n) is 2.18. The van der Waals surface area contributed by atoms with Crippen LogP contribution in [0.15, 0.2) is 18.2 Å². The van der Waals surface area contributed by atoms with E-state index in [0.717, 1.165) is 50.4 Å². The third-order valence-electron chi connectivity index (χ3n) is 3.26. The van der Waals surface area contributed by atoms with Crippen molar-refractivity contribution in [2.75, 3.05) is 31.5 Å². The summed E-state index contributed by atoms with van der Waals surface area (Å²) in [6.45, 7) is 7.32. The van der Waals surface area contributed by atoms with Gasteiger partial charge in [0.15, 0.2) is 0 Å². The summed E-state index contributed by atoms with van der Waals surface area (Å²) < 4.78 is 0. The standard InChI is InChI=1S/C13H19N3O/c1-11-12(3-2-4-13(11)15-10-17)9-16-7-5-14-6-8-16/h2-4,10,14H,5-9H2,1H3,(H,15,17). The molecule has 0 aliphatic carbocycles. The number of amides is 1. The van der Waals surface area contributed by atoms with E-state index in [9.17, 15) is 4.79 Å². The molecule has 1 aromatic rings. The number of nitrogens with zero attached hydrogens (tertiary/aromatic N) is 1. The van der Waals surface area contributed by atoms with Crippen molar-refractivity contribution in [3.05, 3.63) is 29.3 Å². The predicted molar refractivity (Wildman–Crippen MR) is 69.0 cm³/mol. The lowest BCUT2D eigenvalue weighted by molar-refractivity contribution is -0.105. The van der Waals surface area contributed by atoms with Gasteiger partial charge in [-0.2, -0.15) is 0 Å². The maximum absolute atomic E-state index is 10.5. The van der Waals surface area contributed by atoms with Crippen molar-refractivity contribution in [2.45, 2.75) is 13.5 Å². The first kappa shape index (κ1) is 12.1. The molecule has 1 aliphatic heterocycles. The Morgan fingerprint density at radius 1 is 1.41 bits per heavy atom. The van der Waals surface area contributed by atoms with E-state index < -0.39 is 0 Å². The summed E-state index contributed by atoms with van der Waals surface area (Å²) in [5, 5.41) is 6.09. The predicted octanol–water partition coefficient (Wildman–Crippen LogP) is 0.969. The maximum atomic E-state index is 10.5. The minimum absolute atomic E-state index is 0.733. The number of hydrogen-bond donors (Lipinski definition) is 2. The minimum Gasteiger partial charge on any atom is -0.328 e. The van der Waals surface area contributed by atoms with Crippen LogP contribution in [0.25, 0.3) is 0 Å². The SMILES string of the molecule is Cc1c(CN2CCNCC2)cccc1NC=O. The molecule has 2 rings (SSSR count). The first-order valence-electron chi connectivity index (χ1n) is 6.03. The summed E-state index contributed by atoms with van der Waals surface area (Å²) in [5.41, 5.74) is 3.37. The van der Waals surface area contributed by atoms with E-state index in [4.69, 9.17) is 0 Å². The first-order chi connectivity index (χ1) is 8.31. The van der Waals surface area contributed by atoms with Crippen LogP contribution in [-0.2, 0) is 11.3 Å². The average Bonchev–Trinajstić information content (AvgIpc) is 2.36. The number of rotatable bonds is 4. The molecule has 17 heavy (non-hydrogen) atoms. The van der Waals surface area contributed by atoms with Crippen LogP contribution in [0.1, 0.15) is 11.1 Å². The number of piperazine rings is 1. The van der Waals surface area contributed by atoms with Crippen LogP contribution in [0, 0.1) is 6.92 Å². The van der Waals surface area contributed by atoms with Gasteiger partial charge in [0.25, 0.3) is 0 Å². The minimum atomic E-state index is 0.733. The largest absolute Gasteiger partial charge is 0.328 e. The number of anilines is 1. The molecule has 0 bridgehead atoms. The second-order valence-electron chi connectivity index (χ2n) is 4.38. The fraction of sp³-hybridized carbons (Fsp3) is 0.462. The molecule has 4 heteroatoms. The zero-order valence-electron chi connectivity index (χ0n) is 10.2. The molecule has 2 N–H and O–H groups in total. The van der Waals surface area contributed by atoms with Crippen LogP contribution in [0.5, 0.6) is 0 Å². The molecule has 0 saturated carbocycles. The van der Waals surface area contributed by atoms with Gasteiger partial charge in [-0.15, -0.1) is 0 Å². The molecule has 92 valence electrons. The van der Waals surface area contributed by atoms with Gasteiger partial charge in [0.1, 0.15) is 0 Å². The van der Waals surface area contributed by atoms with E-state index >= 15 is 0 Å². The third-order valence-corrected chi connectivity index (χ3v) is 3.26. The van der Waals surface area contributed by atoms with Crippen LogP contribution in [-0.4, -0.2) is 37.5 Å². The van der Waals surface area contributed by atoms with Crippen molar-refractivity contribution in [1.29, 1.82) is 0 Å². The van der Waals surface area contributed by atoms with Gasteiger partial charge in [0.05, 0.1) is 0 Å².